The first-order valence-corrected chi connectivity index (χ1v) is 6.99. The number of ether oxygens (including phenoxy) is 1. The van der Waals surface area contributed by atoms with Crippen LogP contribution in [-0.2, 0) is 0 Å². The molecule has 0 fully saturated rings. The van der Waals surface area contributed by atoms with E-state index in [1.54, 1.807) is 7.11 Å². The zero-order valence-electron chi connectivity index (χ0n) is 11.0. The summed E-state index contributed by atoms with van der Waals surface area (Å²) in [6.07, 6.45) is -0.537. The lowest BCUT2D eigenvalue weighted by atomic mass is 9.91. The molecule has 0 saturated carbocycles. The van der Waals surface area contributed by atoms with Crippen molar-refractivity contribution in [3.8, 4) is 5.75 Å². The van der Waals surface area contributed by atoms with Crippen molar-refractivity contribution in [2.75, 3.05) is 7.11 Å². The van der Waals surface area contributed by atoms with Crippen molar-refractivity contribution in [1.82, 2.24) is 0 Å². The highest BCUT2D eigenvalue weighted by atomic mass is 79.9. The number of rotatable bonds is 4. The van der Waals surface area contributed by atoms with Crippen LogP contribution in [0.25, 0.3) is 0 Å². The van der Waals surface area contributed by atoms with Gasteiger partial charge in [-0.2, -0.15) is 0 Å². The van der Waals surface area contributed by atoms with E-state index >= 15 is 0 Å². The Hall–Kier alpha value is -1.32. The fourth-order valence-corrected chi connectivity index (χ4v) is 2.65. The van der Waals surface area contributed by atoms with Gasteiger partial charge in [-0.15, -0.1) is 0 Å². The van der Waals surface area contributed by atoms with Gasteiger partial charge >= 0.3 is 0 Å². The molecular weight excluding hydrogens is 304 g/mol. The smallest absolute Gasteiger partial charge is 0.133 e. The van der Waals surface area contributed by atoms with E-state index in [1.807, 2.05) is 55.5 Å². The van der Waals surface area contributed by atoms with E-state index in [0.29, 0.717) is 0 Å². The minimum atomic E-state index is -0.537. The van der Waals surface area contributed by atoms with E-state index in [-0.39, 0.29) is 5.92 Å². The summed E-state index contributed by atoms with van der Waals surface area (Å²) in [4.78, 5) is 0. The summed E-state index contributed by atoms with van der Waals surface area (Å²) in [7, 11) is 1.63. The number of benzene rings is 2. The van der Waals surface area contributed by atoms with Gasteiger partial charge < -0.3 is 9.84 Å². The van der Waals surface area contributed by atoms with E-state index in [4.69, 9.17) is 4.74 Å². The predicted molar refractivity (Wildman–Crippen MR) is 80.5 cm³/mol. The number of hydrogen-bond donors (Lipinski definition) is 1. The average molecular weight is 321 g/mol. The molecule has 0 saturated heterocycles. The molecule has 1 N–H and O–H groups in total. The second-order valence-electron chi connectivity index (χ2n) is 4.54. The molecule has 0 aliphatic heterocycles. The zero-order valence-corrected chi connectivity index (χ0v) is 12.6. The Balaban J connectivity index is 2.24. The summed E-state index contributed by atoms with van der Waals surface area (Å²) in [6.45, 7) is 2.03. The monoisotopic (exact) mass is 320 g/mol. The number of methoxy groups -OCH3 is 1. The first-order chi connectivity index (χ1) is 9.13. The van der Waals surface area contributed by atoms with Crippen molar-refractivity contribution in [2.24, 2.45) is 0 Å². The van der Waals surface area contributed by atoms with Gasteiger partial charge in [0, 0.05) is 5.92 Å². The Morgan fingerprint density at radius 2 is 1.74 bits per heavy atom. The third kappa shape index (κ3) is 3.17. The second-order valence-corrected chi connectivity index (χ2v) is 5.39. The Labute approximate surface area is 122 Å². The lowest BCUT2D eigenvalue weighted by Crippen LogP contribution is -2.07. The van der Waals surface area contributed by atoms with Crippen LogP contribution >= 0.6 is 15.9 Å². The van der Waals surface area contributed by atoms with Crippen LogP contribution in [0.1, 0.15) is 30.1 Å². The van der Waals surface area contributed by atoms with E-state index in [2.05, 4.69) is 15.9 Å². The van der Waals surface area contributed by atoms with Gasteiger partial charge in [-0.1, -0.05) is 43.3 Å². The highest BCUT2D eigenvalue weighted by Gasteiger charge is 2.18. The Morgan fingerprint density at radius 1 is 1.05 bits per heavy atom. The van der Waals surface area contributed by atoms with Gasteiger partial charge in [0.2, 0.25) is 0 Å². The SMILES string of the molecule is COc1ccc(C(O)C(C)c2ccccc2)cc1Br. The minimum Gasteiger partial charge on any atom is -0.496 e. The summed E-state index contributed by atoms with van der Waals surface area (Å²) >= 11 is 3.44. The average Bonchev–Trinajstić information content (AvgIpc) is 2.46. The minimum absolute atomic E-state index is 0.0431. The molecule has 2 nitrogen and oxygen atoms in total. The van der Waals surface area contributed by atoms with E-state index in [0.717, 1.165) is 21.3 Å². The van der Waals surface area contributed by atoms with E-state index in [1.165, 1.54) is 0 Å². The molecule has 0 radical (unpaired) electrons. The van der Waals surface area contributed by atoms with E-state index in [9.17, 15) is 5.11 Å². The van der Waals surface area contributed by atoms with Crippen LogP contribution in [0, 0.1) is 0 Å². The standard InChI is InChI=1S/C16H17BrO2/c1-11(12-6-4-3-5-7-12)16(18)13-8-9-15(19-2)14(17)10-13/h3-11,16,18H,1-2H3. The maximum atomic E-state index is 10.5. The summed E-state index contributed by atoms with van der Waals surface area (Å²) in [5, 5.41) is 10.5. The first kappa shape index (κ1) is 14.1. The van der Waals surface area contributed by atoms with Crippen LogP contribution in [0.4, 0.5) is 0 Å². The largest absolute Gasteiger partial charge is 0.496 e. The summed E-state index contributed by atoms with van der Waals surface area (Å²) < 4.78 is 6.05. The number of halogens is 1. The van der Waals surface area contributed by atoms with Gasteiger partial charge in [-0.05, 0) is 39.2 Å². The maximum Gasteiger partial charge on any atom is 0.133 e. The third-order valence-corrected chi connectivity index (χ3v) is 3.94. The molecule has 19 heavy (non-hydrogen) atoms. The van der Waals surface area contributed by atoms with Gasteiger partial charge in [0.25, 0.3) is 0 Å². The fourth-order valence-electron chi connectivity index (χ4n) is 2.09. The van der Waals surface area contributed by atoms with Crippen molar-refractivity contribution in [2.45, 2.75) is 18.9 Å². The molecule has 2 atom stereocenters. The summed E-state index contributed by atoms with van der Waals surface area (Å²) in [5.74, 6) is 0.810. The van der Waals surface area contributed by atoms with Crippen LogP contribution in [-0.4, -0.2) is 12.2 Å². The molecule has 2 aromatic rings. The van der Waals surface area contributed by atoms with E-state index < -0.39 is 6.10 Å². The number of aliphatic hydroxyl groups excluding tert-OH is 1. The highest BCUT2D eigenvalue weighted by Crippen LogP contribution is 2.34. The molecule has 2 aromatic carbocycles. The molecule has 0 bridgehead atoms. The maximum absolute atomic E-state index is 10.5. The van der Waals surface area contributed by atoms with Gasteiger partial charge in [-0.3, -0.25) is 0 Å². The van der Waals surface area contributed by atoms with Crippen LogP contribution in [0.5, 0.6) is 5.75 Å². The van der Waals surface area contributed by atoms with Crippen LogP contribution in [0.3, 0.4) is 0 Å². The summed E-state index contributed by atoms with van der Waals surface area (Å²) in [6, 6.07) is 15.7. The zero-order chi connectivity index (χ0) is 13.8. The molecule has 0 spiro atoms. The molecule has 0 heterocycles. The molecule has 2 unspecified atom stereocenters. The quantitative estimate of drug-likeness (QED) is 0.910. The lowest BCUT2D eigenvalue weighted by Gasteiger charge is -2.20. The third-order valence-electron chi connectivity index (χ3n) is 3.32. The molecule has 2 rings (SSSR count). The molecule has 0 aromatic heterocycles. The van der Waals surface area contributed by atoms with Crippen molar-refractivity contribution >= 4 is 15.9 Å². The Bertz CT molecular complexity index is 540. The van der Waals surface area contributed by atoms with Gasteiger partial charge in [0.05, 0.1) is 17.7 Å². The summed E-state index contributed by atoms with van der Waals surface area (Å²) in [5.41, 5.74) is 2.01. The molecular formula is C16H17BrO2. The van der Waals surface area contributed by atoms with Gasteiger partial charge in [0.15, 0.2) is 0 Å². The van der Waals surface area contributed by atoms with Crippen molar-refractivity contribution in [3.05, 3.63) is 64.1 Å². The van der Waals surface area contributed by atoms with Gasteiger partial charge in [0.1, 0.15) is 5.75 Å². The molecule has 0 aliphatic rings. The molecule has 3 heteroatoms. The van der Waals surface area contributed by atoms with Crippen LogP contribution < -0.4 is 4.74 Å². The predicted octanol–water partition coefficient (Wildman–Crippen LogP) is 4.29. The second kappa shape index (κ2) is 6.22. The molecule has 100 valence electrons. The molecule has 0 amide bonds. The fraction of sp³-hybridized carbons (Fsp3) is 0.250. The Morgan fingerprint density at radius 3 is 2.32 bits per heavy atom. The van der Waals surface area contributed by atoms with Crippen molar-refractivity contribution in [3.63, 3.8) is 0 Å². The number of hydrogen-bond acceptors (Lipinski definition) is 2. The van der Waals surface area contributed by atoms with Crippen molar-refractivity contribution in [1.29, 1.82) is 0 Å². The Kier molecular flexibility index (Phi) is 4.61. The van der Waals surface area contributed by atoms with Crippen LogP contribution in [0.15, 0.2) is 53.0 Å². The lowest BCUT2D eigenvalue weighted by molar-refractivity contribution is 0.151. The molecule has 0 aliphatic carbocycles. The topological polar surface area (TPSA) is 29.5 Å². The normalized spacial score (nSPS) is 13.9. The first-order valence-electron chi connectivity index (χ1n) is 6.20. The highest BCUT2D eigenvalue weighted by molar-refractivity contribution is 9.10. The van der Waals surface area contributed by atoms with Gasteiger partial charge in [-0.25, -0.2) is 0 Å². The number of aliphatic hydroxyl groups is 1. The van der Waals surface area contributed by atoms with Crippen molar-refractivity contribution < 1.29 is 9.84 Å². The van der Waals surface area contributed by atoms with Crippen LogP contribution in [0.2, 0.25) is 0 Å².